The first kappa shape index (κ1) is 12.9. The fourth-order valence-electron chi connectivity index (χ4n) is 0.320. The van der Waals surface area contributed by atoms with Gasteiger partial charge in [-0.2, -0.15) is 0 Å². The molecule has 0 atom stereocenters. The third-order valence-electron chi connectivity index (χ3n) is 0.811. The topological polar surface area (TPSA) is 37.3 Å². The molecule has 0 saturated carbocycles. The summed E-state index contributed by atoms with van der Waals surface area (Å²) in [6.45, 7) is 2.15. The average Bonchev–Trinajstić information content (AvgIpc) is 2.02. The van der Waals surface area contributed by atoms with Gasteiger partial charge in [-0.3, -0.25) is 4.79 Å². The molecule has 0 bridgehead atoms. The molecule has 0 radical (unpaired) electrons. The molecule has 0 amide bonds. The molecule has 0 unspecified atom stereocenters. The van der Waals surface area contributed by atoms with Gasteiger partial charge < -0.3 is 5.11 Å². The van der Waals surface area contributed by atoms with Crippen LogP contribution in [0.2, 0.25) is 0 Å². The number of rotatable bonds is 8. The predicted molar refractivity (Wildman–Crippen MR) is 62.6 cm³/mol. The molecule has 0 aromatic heterocycles. The zero-order chi connectivity index (χ0) is 9.23. The Morgan fingerprint density at radius 1 is 1.25 bits per heavy atom. The van der Waals surface area contributed by atoms with E-state index in [1.165, 1.54) is 6.42 Å². The molecular formula is C6H12O2S4. The predicted octanol–water partition coefficient (Wildman–Crippen LogP) is 3.55. The van der Waals surface area contributed by atoms with Crippen molar-refractivity contribution in [2.24, 2.45) is 0 Å². The lowest BCUT2D eigenvalue weighted by atomic mass is 10.5. The summed E-state index contributed by atoms with van der Waals surface area (Å²) in [6, 6.07) is 0. The number of hydrogen-bond acceptors (Lipinski definition) is 5. The molecule has 0 aliphatic rings. The Labute approximate surface area is 88.2 Å². The van der Waals surface area contributed by atoms with Crippen LogP contribution in [0, 0.1) is 0 Å². The van der Waals surface area contributed by atoms with Crippen LogP contribution in [0.5, 0.6) is 0 Å². The lowest BCUT2D eigenvalue weighted by Gasteiger charge is -1.96. The lowest BCUT2D eigenvalue weighted by molar-refractivity contribution is -0.136. The normalized spacial score (nSPS) is 10.1. The summed E-state index contributed by atoms with van der Waals surface area (Å²) >= 11 is 0. The summed E-state index contributed by atoms with van der Waals surface area (Å²) in [5.41, 5.74) is 0. The van der Waals surface area contributed by atoms with Gasteiger partial charge in [0.05, 0.1) is 6.42 Å². The van der Waals surface area contributed by atoms with Gasteiger partial charge in [-0.15, -0.1) is 0 Å². The van der Waals surface area contributed by atoms with E-state index >= 15 is 0 Å². The van der Waals surface area contributed by atoms with Crippen LogP contribution in [0.3, 0.4) is 0 Å². The standard InChI is InChI=1S/C6H12O2S4/c1-2-4-9-11-12-10-5-3-6(7)8/h2-5H2,1H3,(H,7,8). The third-order valence-corrected chi connectivity index (χ3v) is 7.48. The minimum Gasteiger partial charge on any atom is -0.481 e. The fourth-order valence-corrected chi connectivity index (χ4v) is 6.41. The molecule has 72 valence electrons. The summed E-state index contributed by atoms with van der Waals surface area (Å²) in [7, 11) is 6.83. The van der Waals surface area contributed by atoms with Gasteiger partial charge in [0, 0.05) is 11.5 Å². The van der Waals surface area contributed by atoms with E-state index in [4.69, 9.17) is 5.11 Å². The highest BCUT2D eigenvalue weighted by Gasteiger charge is 1.97. The highest BCUT2D eigenvalue weighted by atomic mass is 33.7. The van der Waals surface area contributed by atoms with Crippen LogP contribution < -0.4 is 0 Å². The van der Waals surface area contributed by atoms with Gasteiger partial charge >= 0.3 is 5.97 Å². The molecule has 6 heteroatoms. The number of carboxylic acid groups (broad SMARTS) is 1. The maximum atomic E-state index is 10.1. The Kier molecular flexibility index (Phi) is 10.7. The summed E-state index contributed by atoms with van der Waals surface area (Å²) in [5, 5.41) is 8.32. The van der Waals surface area contributed by atoms with Gasteiger partial charge in [-0.05, 0) is 26.1 Å². The van der Waals surface area contributed by atoms with Crippen molar-refractivity contribution in [1.29, 1.82) is 0 Å². The first-order chi connectivity index (χ1) is 5.77. The van der Waals surface area contributed by atoms with Crippen molar-refractivity contribution in [3.8, 4) is 0 Å². The SMILES string of the molecule is CCCSSSSCCC(=O)O. The molecule has 0 rings (SSSR count). The van der Waals surface area contributed by atoms with Crippen molar-refractivity contribution < 1.29 is 9.90 Å². The number of hydrogen-bond donors (Lipinski definition) is 1. The van der Waals surface area contributed by atoms with Gasteiger partial charge in [0.15, 0.2) is 0 Å². The van der Waals surface area contributed by atoms with Crippen LogP contribution in [0.25, 0.3) is 0 Å². The number of carbonyl (C=O) groups is 1. The molecule has 0 heterocycles. The van der Waals surface area contributed by atoms with E-state index in [1.54, 1.807) is 30.4 Å². The third kappa shape index (κ3) is 10.9. The minimum atomic E-state index is -0.714. The van der Waals surface area contributed by atoms with Gasteiger partial charge in [-0.25, -0.2) is 0 Å². The molecule has 12 heavy (non-hydrogen) atoms. The Bertz CT molecular complexity index is 120. The molecular weight excluding hydrogens is 232 g/mol. The van der Waals surface area contributed by atoms with E-state index in [1.807, 2.05) is 10.8 Å². The zero-order valence-corrected chi connectivity index (χ0v) is 10.1. The van der Waals surface area contributed by atoms with Crippen LogP contribution in [-0.4, -0.2) is 22.6 Å². The Morgan fingerprint density at radius 2 is 1.83 bits per heavy atom. The quantitative estimate of drug-likeness (QED) is 0.520. The summed E-state index contributed by atoms with van der Waals surface area (Å²) < 4.78 is 0. The molecule has 2 nitrogen and oxygen atoms in total. The lowest BCUT2D eigenvalue weighted by Crippen LogP contribution is -1.94. The van der Waals surface area contributed by atoms with E-state index in [9.17, 15) is 4.79 Å². The zero-order valence-electron chi connectivity index (χ0n) is 6.82. The molecule has 0 aromatic rings. The van der Waals surface area contributed by atoms with Crippen molar-refractivity contribution >= 4 is 47.2 Å². The van der Waals surface area contributed by atoms with Gasteiger partial charge in [0.1, 0.15) is 0 Å². The highest BCUT2D eigenvalue weighted by Crippen LogP contribution is 2.43. The average molecular weight is 244 g/mol. The Morgan fingerprint density at radius 3 is 2.33 bits per heavy atom. The van der Waals surface area contributed by atoms with Crippen molar-refractivity contribution in [1.82, 2.24) is 0 Å². The largest absolute Gasteiger partial charge is 0.481 e. The second-order valence-corrected chi connectivity index (χ2v) is 8.16. The maximum Gasteiger partial charge on any atom is 0.304 e. The molecule has 0 aliphatic carbocycles. The fraction of sp³-hybridized carbons (Fsp3) is 0.833. The van der Waals surface area contributed by atoms with E-state index < -0.39 is 5.97 Å². The van der Waals surface area contributed by atoms with Gasteiger partial charge in [0.2, 0.25) is 0 Å². The van der Waals surface area contributed by atoms with Crippen molar-refractivity contribution in [2.75, 3.05) is 11.5 Å². The molecule has 0 saturated heterocycles. The van der Waals surface area contributed by atoms with E-state index in [0.717, 1.165) is 5.75 Å². The second-order valence-electron chi connectivity index (χ2n) is 1.92. The van der Waals surface area contributed by atoms with Crippen LogP contribution in [-0.2, 0) is 4.79 Å². The van der Waals surface area contributed by atoms with Crippen LogP contribution in [0.15, 0.2) is 0 Å². The van der Waals surface area contributed by atoms with E-state index in [0.29, 0.717) is 5.75 Å². The van der Waals surface area contributed by atoms with Gasteiger partial charge in [-0.1, -0.05) is 28.5 Å². The monoisotopic (exact) mass is 244 g/mol. The summed E-state index contributed by atoms with van der Waals surface area (Å²) in [6.07, 6.45) is 1.45. The van der Waals surface area contributed by atoms with Crippen molar-refractivity contribution in [2.45, 2.75) is 19.8 Å². The highest BCUT2D eigenvalue weighted by molar-refractivity contribution is 9.26. The van der Waals surface area contributed by atoms with Crippen LogP contribution in [0.4, 0.5) is 0 Å². The van der Waals surface area contributed by atoms with Crippen molar-refractivity contribution in [3.63, 3.8) is 0 Å². The smallest absolute Gasteiger partial charge is 0.304 e. The molecule has 0 fully saturated rings. The molecule has 0 aromatic carbocycles. The minimum absolute atomic E-state index is 0.261. The number of aliphatic carboxylic acids is 1. The molecule has 0 spiro atoms. The Balaban J connectivity index is 2.86. The van der Waals surface area contributed by atoms with Gasteiger partial charge in [0.25, 0.3) is 0 Å². The summed E-state index contributed by atoms with van der Waals surface area (Å²) in [4.78, 5) is 10.1. The van der Waals surface area contributed by atoms with E-state index in [-0.39, 0.29) is 6.42 Å². The van der Waals surface area contributed by atoms with Crippen molar-refractivity contribution in [3.05, 3.63) is 0 Å². The second kappa shape index (κ2) is 9.95. The Hall–Kier alpha value is 0.870. The number of carboxylic acids is 1. The van der Waals surface area contributed by atoms with Crippen LogP contribution in [0.1, 0.15) is 19.8 Å². The summed E-state index contributed by atoms with van der Waals surface area (Å²) in [5.74, 6) is 1.14. The van der Waals surface area contributed by atoms with Crippen LogP contribution >= 0.6 is 41.2 Å². The first-order valence-corrected chi connectivity index (χ1v) is 8.72. The first-order valence-electron chi connectivity index (χ1n) is 3.57. The van der Waals surface area contributed by atoms with E-state index in [2.05, 4.69) is 6.92 Å². The molecule has 1 N–H and O–H groups in total. The maximum absolute atomic E-state index is 10.1. The molecule has 0 aliphatic heterocycles.